The van der Waals surface area contributed by atoms with Crippen LogP contribution in [0.1, 0.15) is 48.4 Å². The second kappa shape index (κ2) is 8.57. The molecule has 2 saturated heterocycles. The Bertz CT molecular complexity index is 739. The number of carbonyl (C=O) groups excluding carboxylic acids is 1. The van der Waals surface area contributed by atoms with Gasteiger partial charge in [0.2, 0.25) is 0 Å². The summed E-state index contributed by atoms with van der Waals surface area (Å²) >= 11 is 0. The summed E-state index contributed by atoms with van der Waals surface area (Å²) in [4.78, 5) is 17.1. The second-order valence-electron chi connectivity index (χ2n) is 7.76. The quantitative estimate of drug-likeness (QED) is 0.853. The first-order valence-corrected chi connectivity index (χ1v) is 10.1. The van der Waals surface area contributed by atoms with Gasteiger partial charge in [-0.3, -0.25) is 10.00 Å². The van der Waals surface area contributed by atoms with Gasteiger partial charge in [0.15, 0.2) is 0 Å². The predicted molar refractivity (Wildman–Crippen MR) is 105 cm³/mol. The molecule has 4 rings (SSSR count). The molecule has 144 valence electrons. The Kier molecular flexibility index (Phi) is 5.72. The zero-order chi connectivity index (χ0) is 18.5. The summed E-state index contributed by atoms with van der Waals surface area (Å²) in [7, 11) is 0. The fourth-order valence-electron chi connectivity index (χ4n) is 4.24. The predicted octanol–water partition coefficient (Wildman–Crippen LogP) is 3.09. The molecule has 3 heterocycles. The van der Waals surface area contributed by atoms with Crippen molar-refractivity contribution in [3.8, 4) is 0 Å². The Morgan fingerprint density at radius 3 is 2.81 bits per heavy atom. The van der Waals surface area contributed by atoms with Crippen LogP contribution in [0.3, 0.4) is 0 Å². The van der Waals surface area contributed by atoms with Gasteiger partial charge in [-0.2, -0.15) is 5.10 Å². The molecule has 2 N–H and O–H groups in total. The standard InChI is InChI=1S/C21H29N5O/c27-21(26-12-4-7-19(16-26)20-8-9-23-24-20)22-14-17-5-3-6-18(13-17)15-25-10-1-2-11-25/h3,5-6,8-9,13,19H,1-2,4,7,10-12,14-16H2,(H,22,27)(H,23,24). The van der Waals surface area contributed by atoms with Crippen molar-refractivity contribution >= 4 is 6.03 Å². The molecule has 1 unspecified atom stereocenters. The molecule has 6 heteroatoms. The summed E-state index contributed by atoms with van der Waals surface area (Å²) in [5.74, 6) is 0.357. The minimum Gasteiger partial charge on any atom is -0.334 e. The lowest BCUT2D eigenvalue weighted by Crippen LogP contribution is -2.44. The van der Waals surface area contributed by atoms with Crippen molar-refractivity contribution in [2.45, 2.75) is 44.7 Å². The van der Waals surface area contributed by atoms with Crippen LogP contribution in [-0.4, -0.2) is 52.2 Å². The summed E-state index contributed by atoms with van der Waals surface area (Å²) in [6, 6.07) is 10.6. The van der Waals surface area contributed by atoms with Gasteiger partial charge in [0.1, 0.15) is 0 Å². The molecule has 0 bridgehead atoms. The van der Waals surface area contributed by atoms with E-state index in [0.717, 1.165) is 38.2 Å². The van der Waals surface area contributed by atoms with Crippen molar-refractivity contribution in [3.05, 3.63) is 53.3 Å². The van der Waals surface area contributed by atoms with E-state index < -0.39 is 0 Å². The third kappa shape index (κ3) is 4.69. The van der Waals surface area contributed by atoms with Crippen LogP contribution >= 0.6 is 0 Å². The molecular formula is C21H29N5O. The monoisotopic (exact) mass is 367 g/mol. The molecule has 0 saturated carbocycles. The first-order valence-electron chi connectivity index (χ1n) is 10.1. The number of benzene rings is 1. The van der Waals surface area contributed by atoms with Crippen LogP contribution < -0.4 is 5.32 Å². The van der Waals surface area contributed by atoms with Crippen LogP contribution in [0, 0.1) is 0 Å². The number of likely N-dealkylation sites (tertiary alicyclic amines) is 2. The van der Waals surface area contributed by atoms with Crippen molar-refractivity contribution in [3.63, 3.8) is 0 Å². The van der Waals surface area contributed by atoms with Gasteiger partial charge in [-0.05, 0) is 56.0 Å². The summed E-state index contributed by atoms with van der Waals surface area (Å²) in [5.41, 5.74) is 3.63. The minimum atomic E-state index is 0.0316. The Hall–Kier alpha value is -2.34. The van der Waals surface area contributed by atoms with Gasteiger partial charge in [0.05, 0.1) is 0 Å². The molecule has 6 nitrogen and oxygen atoms in total. The Labute approximate surface area is 160 Å². The lowest BCUT2D eigenvalue weighted by Gasteiger charge is -2.32. The lowest BCUT2D eigenvalue weighted by molar-refractivity contribution is 0.178. The minimum absolute atomic E-state index is 0.0316. The van der Waals surface area contributed by atoms with Gasteiger partial charge in [-0.15, -0.1) is 0 Å². The molecule has 27 heavy (non-hydrogen) atoms. The SMILES string of the molecule is O=C(NCc1cccc(CN2CCCC2)c1)N1CCCC(c2ccn[nH]2)C1. The third-order valence-corrected chi connectivity index (χ3v) is 5.71. The van der Waals surface area contributed by atoms with E-state index in [1.807, 2.05) is 11.0 Å². The van der Waals surface area contributed by atoms with E-state index in [2.05, 4.69) is 44.7 Å². The average molecular weight is 367 g/mol. The van der Waals surface area contributed by atoms with E-state index in [1.54, 1.807) is 6.20 Å². The molecule has 1 atom stereocenters. The Morgan fingerprint density at radius 2 is 2.00 bits per heavy atom. The van der Waals surface area contributed by atoms with Gasteiger partial charge in [-0.1, -0.05) is 24.3 Å². The molecule has 0 radical (unpaired) electrons. The fourth-order valence-corrected chi connectivity index (χ4v) is 4.24. The highest BCUT2D eigenvalue weighted by atomic mass is 16.2. The van der Waals surface area contributed by atoms with E-state index in [4.69, 9.17) is 0 Å². The van der Waals surface area contributed by atoms with Crippen molar-refractivity contribution in [2.24, 2.45) is 0 Å². The summed E-state index contributed by atoms with van der Waals surface area (Å²) < 4.78 is 0. The number of rotatable bonds is 5. The van der Waals surface area contributed by atoms with E-state index in [9.17, 15) is 4.79 Å². The number of urea groups is 1. The van der Waals surface area contributed by atoms with Crippen molar-refractivity contribution in [1.82, 2.24) is 25.3 Å². The Morgan fingerprint density at radius 1 is 1.15 bits per heavy atom. The number of H-pyrrole nitrogens is 1. The van der Waals surface area contributed by atoms with Crippen LogP contribution in [0.2, 0.25) is 0 Å². The van der Waals surface area contributed by atoms with E-state index in [-0.39, 0.29) is 6.03 Å². The van der Waals surface area contributed by atoms with Crippen molar-refractivity contribution < 1.29 is 4.79 Å². The largest absolute Gasteiger partial charge is 0.334 e. The van der Waals surface area contributed by atoms with Gasteiger partial charge < -0.3 is 10.2 Å². The number of nitrogens with zero attached hydrogens (tertiary/aromatic N) is 3. The number of hydrogen-bond donors (Lipinski definition) is 2. The number of amides is 2. The highest BCUT2D eigenvalue weighted by molar-refractivity contribution is 5.74. The first kappa shape index (κ1) is 18.0. The molecule has 2 aromatic rings. The highest BCUT2D eigenvalue weighted by Crippen LogP contribution is 2.25. The molecule has 2 aliphatic heterocycles. The van der Waals surface area contributed by atoms with Gasteiger partial charge >= 0.3 is 6.03 Å². The van der Waals surface area contributed by atoms with Crippen LogP contribution in [-0.2, 0) is 13.1 Å². The summed E-state index contributed by atoms with van der Waals surface area (Å²) in [6.07, 6.45) is 6.53. The van der Waals surface area contributed by atoms with Crippen LogP contribution in [0.4, 0.5) is 4.79 Å². The molecule has 1 aromatic heterocycles. The summed E-state index contributed by atoms with van der Waals surface area (Å²) in [5, 5.41) is 10.2. The molecule has 2 amide bonds. The molecule has 1 aromatic carbocycles. The molecular weight excluding hydrogens is 338 g/mol. The van der Waals surface area contributed by atoms with Gasteiger partial charge in [0.25, 0.3) is 0 Å². The number of nitrogens with one attached hydrogen (secondary N) is 2. The molecule has 2 aliphatic rings. The number of aromatic amines is 1. The Balaban J connectivity index is 1.29. The van der Waals surface area contributed by atoms with Crippen LogP contribution in [0.25, 0.3) is 0 Å². The zero-order valence-corrected chi connectivity index (χ0v) is 15.9. The van der Waals surface area contributed by atoms with E-state index >= 15 is 0 Å². The zero-order valence-electron chi connectivity index (χ0n) is 15.9. The third-order valence-electron chi connectivity index (χ3n) is 5.71. The van der Waals surface area contributed by atoms with E-state index in [1.165, 1.54) is 37.1 Å². The van der Waals surface area contributed by atoms with Crippen LogP contribution in [0.15, 0.2) is 36.5 Å². The molecule has 0 spiro atoms. The maximum Gasteiger partial charge on any atom is 0.317 e. The van der Waals surface area contributed by atoms with Gasteiger partial charge in [0, 0.05) is 44.0 Å². The number of piperidine rings is 1. The van der Waals surface area contributed by atoms with Crippen LogP contribution in [0.5, 0.6) is 0 Å². The molecule has 2 fully saturated rings. The van der Waals surface area contributed by atoms with Gasteiger partial charge in [-0.25, -0.2) is 4.79 Å². The maximum atomic E-state index is 12.6. The van der Waals surface area contributed by atoms with E-state index in [0.29, 0.717) is 12.5 Å². The second-order valence-corrected chi connectivity index (χ2v) is 7.76. The fraction of sp³-hybridized carbons (Fsp3) is 0.524. The smallest absolute Gasteiger partial charge is 0.317 e. The highest BCUT2D eigenvalue weighted by Gasteiger charge is 2.25. The van der Waals surface area contributed by atoms with Crippen molar-refractivity contribution in [2.75, 3.05) is 26.2 Å². The normalized spacial score (nSPS) is 20.7. The number of aromatic nitrogens is 2. The maximum absolute atomic E-state index is 12.6. The average Bonchev–Trinajstić information content (AvgIpc) is 3.41. The number of hydrogen-bond acceptors (Lipinski definition) is 3. The molecule has 0 aliphatic carbocycles. The van der Waals surface area contributed by atoms with Crippen molar-refractivity contribution in [1.29, 1.82) is 0 Å². The summed E-state index contributed by atoms with van der Waals surface area (Å²) in [6.45, 7) is 5.58. The lowest BCUT2D eigenvalue weighted by atomic mass is 9.95. The first-order chi connectivity index (χ1) is 13.3. The topological polar surface area (TPSA) is 64.3 Å². The number of carbonyl (C=O) groups is 1.